The quantitative estimate of drug-likeness (QED) is 0.900. The second-order valence-electron chi connectivity index (χ2n) is 6.97. The lowest BCUT2D eigenvalue weighted by Crippen LogP contribution is -2.55. The topological polar surface area (TPSA) is 43.7 Å². The Morgan fingerprint density at radius 1 is 1.24 bits per heavy atom. The molecule has 116 valence electrons. The Hall–Kier alpha value is -1.13. The highest BCUT2D eigenvalue weighted by molar-refractivity contribution is 5.35. The zero-order valence-electron chi connectivity index (χ0n) is 12.7. The first-order chi connectivity index (χ1) is 9.92. The highest BCUT2D eigenvalue weighted by Gasteiger charge is 2.55. The average molecular weight is 293 g/mol. The molecule has 4 unspecified atom stereocenters. The summed E-state index contributed by atoms with van der Waals surface area (Å²) in [6.45, 7) is 0.731. The molecule has 3 nitrogen and oxygen atoms in total. The molecule has 0 bridgehead atoms. The van der Waals surface area contributed by atoms with Gasteiger partial charge in [0.1, 0.15) is 11.6 Å². The molecule has 0 aliphatic heterocycles. The molecule has 0 heterocycles. The van der Waals surface area contributed by atoms with Crippen LogP contribution >= 0.6 is 0 Å². The van der Waals surface area contributed by atoms with Crippen LogP contribution in [0.2, 0.25) is 0 Å². The summed E-state index contributed by atoms with van der Waals surface area (Å²) in [7, 11) is 3.96. The van der Waals surface area contributed by atoms with Gasteiger partial charge in [-0.2, -0.15) is 0 Å². The van der Waals surface area contributed by atoms with E-state index >= 15 is 0 Å². The van der Waals surface area contributed by atoms with E-state index in [-0.39, 0.29) is 23.1 Å². The van der Waals surface area contributed by atoms with Crippen molar-refractivity contribution in [3.05, 3.63) is 29.6 Å². The van der Waals surface area contributed by atoms with Crippen molar-refractivity contribution in [2.75, 3.05) is 20.6 Å². The van der Waals surface area contributed by atoms with Crippen molar-refractivity contribution < 1.29 is 14.6 Å². The molecule has 0 spiro atoms. The normalized spacial score (nSPS) is 35.4. The van der Waals surface area contributed by atoms with Gasteiger partial charge in [-0.25, -0.2) is 4.39 Å². The number of halogens is 1. The van der Waals surface area contributed by atoms with Gasteiger partial charge in [-0.15, -0.1) is 0 Å². The standard InChI is InChI=1S/C17H24FNO2/c1-19(2)10-12-5-3-11-4-7-14(11)17(12,21)15-9-13(20)6-8-16(15)18/h6,8-9,11-12,14,20-21H,3-5,7,10H2,1-2H3. The number of aliphatic hydroxyl groups is 1. The fourth-order valence-electron chi connectivity index (χ4n) is 4.34. The van der Waals surface area contributed by atoms with Gasteiger partial charge in [0.25, 0.3) is 0 Å². The van der Waals surface area contributed by atoms with Gasteiger partial charge in [-0.3, -0.25) is 0 Å². The summed E-state index contributed by atoms with van der Waals surface area (Å²) in [5, 5.41) is 21.2. The van der Waals surface area contributed by atoms with E-state index in [4.69, 9.17) is 0 Å². The predicted molar refractivity (Wildman–Crippen MR) is 79.5 cm³/mol. The minimum Gasteiger partial charge on any atom is -0.508 e. The maximum absolute atomic E-state index is 14.3. The van der Waals surface area contributed by atoms with Crippen LogP contribution in [0.4, 0.5) is 4.39 Å². The third-order valence-corrected chi connectivity index (χ3v) is 5.46. The van der Waals surface area contributed by atoms with Crippen molar-refractivity contribution in [3.63, 3.8) is 0 Å². The molecule has 0 aromatic heterocycles. The van der Waals surface area contributed by atoms with E-state index in [0.29, 0.717) is 5.92 Å². The molecule has 3 rings (SSSR count). The van der Waals surface area contributed by atoms with E-state index in [2.05, 4.69) is 4.90 Å². The summed E-state index contributed by atoms with van der Waals surface area (Å²) in [6, 6.07) is 4.01. The molecule has 1 aromatic carbocycles. The van der Waals surface area contributed by atoms with Crippen LogP contribution in [0.3, 0.4) is 0 Å². The first-order valence-electron chi connectivity index (χ1n) is 7.79. The molecule has 1 aromatic rings. The predicted octanol–water partition coefficient (Wildman–Crippen LogP) is 2.72. The summed E-state index contributed by atoms with van der Waals surface area (Å²) in [5.74, 6) is 0.226. The highest BCUT2D eigenvalue weighted by atomic mass is 19.1. The van der Waals surface area contributed by atoms with E-state index in [1.165, 1.54) is 18.2 Å². The third-order valence-electron chi connectivity index (χ3n) is 5.46. The minimum absolute atomic E-state index is 0.00495. The van der Waals surface area contributed by atoms with Gasteiger partial charge in [0, 0.05) is 18.0 Å². The first-order valence-corrected chi connectivity index (χ1v) is 7.79. The number of hydrogen-bond acceptors (Lipinski definition) is 3. The molecule has 0 radical (unpaired) electrons. The van der Waals surface area contributed by atoms with Crippen LogP contribution in [0.5, 0.6) is 5.75 Å². The molecule has 2 aliphatic carbocycles. The van der Waals surface area contributed by atoms with Crippen LogP contribution in [0.25, 0.3) is 0 Å². The van der Waals surface area contributed by atoms with E-state index in [1.54, 1.807) is 0 Å². The summed E-state index contributed by atoms with van der Waals surface area (Å²) < 4.78 is 14.3. The fourth-order valence-corrected chi connectivity index (χ4v) is 4.34. The summed E-state index contributed by atoms with van der Waals surface area (Å²) in [6.07, 6.45) is 4.10. The molecule has 21 heavy (non-hydrogen) atoms. The molecule has 4 atom stereocenters. The number of rotatable bonds is 3. The lowest BCUT2D eigenvalue weighted by Gasteiger charge is -2.56. The van der Waals surface area contributed by atoms with Crippen LogP contribution in [-0.4, -0.2) is 35.8 Å². The molecule has 2 aliphatic rings. The Bertz CT molecular complexity index is 534. The van der Waals surface area contributed by atoms with Crippen molar-refractivity contribution in [3.8, 4) is 5.75 Å². The van der Waals surface area contributed by atoms with Crippen LogP contribution in [0.1, 0.15) is 31.2 Å². The number of hydrogen-bond donors (Lipinski definition) is 2. The van der Waals surface area contributed by atoms with Gasteiger partial charge in [-0.1, -0.05) is 0 Å². The second-order valence-corrected chi connectivity index (χ2v) is 6.97. The number of fused-ring (bicyclic) bond motifs is 1. The number of phenols is 1. The maximum atomic E-state index is 14.3. The zero-order chi connectivity index (χ0) is 15.2. The van der Waals surface area contributed by atoms with Gasteiger partial charge in [0.05, 0.1) is 5.60 Å². The Labute approximate surface area is 125 Å². The molecule has 2 fully saturated rings. The van der Waals surface area contributed by atoms with Crippen molar-refractivity contribution >= 4 is 0 Å². The van der Waals surface area contributed by atoms with Crippen LogP contribution in [-0.2, 0) is 5.60 Å². The van der Waals surface area contributed by atoms with E-state index < -0.39 is 11.4 Å². The molecular weight excluding hydrogens is 269 g/mol. The zero-order valence-corrected chi connectivity index (χ0v) is 12.7. The second kappa shape index (κ2) is 5.25. The Morgan fingerprint density at radius 3 is 2.57 bits per heavy atom. The Morgan fingerprint density at radius 2 is 1.95 bits per heavy atom. The van der Waals surface area contributed by atoms with Gasteiger partial charge in [0.2, 0.25) is 0 Å². The monoisotopic (exact) mass is 293 g/mol. The highest BCUT2D eigenvalue weighted by Crippen LogP contribution is 2.57. The van der Waals surface area contributed by atoms with Crippen molar-refractivity contribution in [2.24, 2.45) is 17.8 Å². The molecule has 0 amide bonds. The van der Waals surface area contributed by atoms with Gasteiger partial charge >= 0.3 is 0 Å². The first kappa shape index (κ1) is 14.8. The van der Waals surface area contributed by atoms with Crippen LogP contribution in [0.15, 0.2) is 18.2 Å². The third kappa shape index (κ3) is 2.34. The molecular formula is C17H24FNO2. The SMILES string of the molecule is CN(C)CC1CCC2CCC2C1(O)c1cc(O)ccc1F. The molecule has 2 N–H and O–H groups in total. The van der Waals surface area contributed by atoms with Crippen LogP contribution < -0.4 is 0 Å². The van der Waals surface area contributed by atoms with E-state index in [1.807, 2.05) is 14.1 Å². The minimum atomic E-state index is -1.16. The number of benzene rings is 1. The molecule has 4 heteroatoms. The Kier molecular flexibility index (Phi) is 3.70. The number of nitrogens with zero attached hydrogens (tertiary/aromatic N) is 1. The van der Waals surface area contributed by atoms with Crippen molar-refractivity contribution in [1.29, 1.82) is 0 Å². The van der Waals surface area contributed by atoms with Gasteiger partial charge < -0.3 is 15.1 Å². The maximum Gasteiger partial charge on any atom is 0.129 e. The average Bonchev–Trinajstić information content (AvgIpc) is 2.37. The largest absolute Gasteiger partial charge is 0.508 e. The summed E-state index contributed by atoms with van der Waals surface area (Å²) in [5.41, 5.74) is -0.877. The van der Waals surface area contributed by atoms with Gasteiger partial charge in [0.15, 0.2) is 0 Å². The van der Waals surface area contributed by atoms with Gasteiger partial charge in [-0.05, 0) is 69.8 Å². The molecule has 2 saturated carbocycles. The van der Waals surface area contributed by atoms with Crippen LogP contribution in [0, 0.1) is 23.6 Å². The summed E-state index contributed by atoms with van der Waals surface area (Å²) in [4.78, 5) is 2.05. The summed E-state index contributed by atoms with van der Waals surface area (Å²) >= 11 is 0. The van der Waals surface area contributed by atoms with E-state index in [9.17, 15) is 14.6 Å². The number of aromatic hydroxyl groups is 1. The lowest BCUT2D eigenvalue weighted by molar-refractivity contribution is -0.165. The smallest absolute Gasteiger partial charge is 0.129 e. The van der Waals surface area contributed by atoms with Crippen molar-refractivity contribution in [1.82, 2.24) is 4.90 Å². The number of phenolic OH excluding ortho intramolecular Hbond substituents is 1. The lowest BCUT2D eigenvalue weighted by atomic mass is 9.53. The fraction of sp³-hybridized carbons (Fsp3) is 0.647. The van der Waals surface area contributed by atoms with Crippen molar-refractivity contribution in [2.45, 2.75) is 31.3 Å². The van der Waals surface area contributed by atoms with E-state index in [0.717, 1.165) is 32.2 Å². The Balaban J connectivity index is 2.04. The molecule has 0 saturated heterocycles.